The van der Waals surface area contributed by atoms with Crippen molar-refractivity contribution in [2.24, 2.45) is 23.7 Å². The first-order valence-corrected chi connectivity index (χ1v) is 9.47. The molecule has 2 bridgehead atoms. The maximum Gasteiger partial charge on any atom is 0.251 e. The van der Waals surface area contributed by atoms with Crippen molar-refractivity contribution < 1.29 is 14.4 Å². The number of benzene rings is 1. The number of hydrogen-bond donors (Lipinski definition) is 1. The van der Waals surface area contributed by atoms with E-state index in [0.29, 0.717) is 17.8 Å². The SMILES string of the molecule is O=C(NCc1ccncc1)c1ccc(N2C(=O)[C@@H]3[C@H](C2=O)[C@@H]2C=C[C@H]3C2)cc1. The van der Waals surface area contributed by atoms with Gasteiger partial charge in [-0.3, -0.25) is 24.3 Å². The van der Waals surface area contributed by atoms with Gasteiger partial charge in [-0.25, -0.2) is 0 Å². The minimum absolute atomic E-state index is 0.110. The third-order valence-electron chi connectivity index (χ3n) is 6.06. The average Bonchev–Trinajstić information content (AvgIpc) is 3.41. The predicted molar refractivity (Wildman–Crippen MR) is 102 cm³/mol. The lowest BCUT2D eigenvalue weighted by molar-refractivity contribution is -0.123. The highest BCUT2D eigenvalue weighted by molar-refractivity contribution is 6.22. The molecule has 0 radical (unpaired) electrons. The molecule has 4 atom stereocenters. The molecule has 1 aliphatic heterocycles. The van der Waals surface area contributed by atoms with E-state index >= 15 is 0 Å². The van der Waals surface area contributed by atoms with E-state index in [0.717, 1.165) is 12.0 Å². The van der Waals surface area contributed by atoms with E-state index in [-0.39, 0.29) is 41.4 Å². The molecule has 2 aliphatic carbocycles. The minimum atomic E-state index is -0.217. The Morgan fingerprint density at radius 3 is 2.18 bits per heavy atom. The summed E-state index contributed by atoms with van der Waals surface area (Å²) in [5, 5.41) is 2.85. The molecule has 140 valence electrons. The molecule has 1 aromatic heterocycles. The van der Waals surface area contributed by atoms with Gasteiger partial charge < -0.3 is 5.32 Å². The molecule has 6 nitrogen and oxygen atoms in total. The number of imide groups is 1. The first-order valence-electron chi connectivity index (χ1n) is 9.47. The molecule has 5 rings (SSSR count). The van der Waals surface area contributed by atoms with E-state index in [2.05, 4.69) is 22.5 Å². The largest absolute Gasteiger partial charge is 0.348 e. The first kappa shape index (κ1) is 16.9. The minimum Gasteiger partial charge on any atom is -0.348 e. The Morgan fingerprint density at radius 2 is 1.57 bits per heavy atom. The van der Waals surface area contributed by atoms with Crippen molar-refractivity contribution in [3.05, 3.63) is 72.1 Å². The van der Waals surface area contributed by atoms with Gasteiger partial charge in [0.1, 0.15) is 0 Å². The van der Waals surface area contributed by atoms with Crippen molar-refractivity contribution in [3.63, 3.8) is 0 Å². The van der Waals surface area contributed by atoms with Gasteiger partial charge in [0.2, 0.25) is 11.8 Å². The maximum absolute atomic E-state index is 12.9. The first-order chi connectivity index (χ1) is 13.6. The summed E-state index contributed by atoms with van der Waals surface area (Å²) in [5.41, 5.74) is 1.98. The molecule has 1 saturated heterocycles. The van der Waals surface area contributed by atoms with Crippen LogP contribution < -0.4 is 10.2 Å². The van der Waals surface area contributed by atoms with E-state index in [1.165, 1.54) is 4.90 Å². The second kappa shape index (κ2) is 6.41. The number of aromatic nitrogens is 1. The number of carbonyl (C=O) groups is 3. The van der Waals surface area contributed by atoms with E-state index in [9.17, 15) is 14.4 Å². The van der Waals surface area contributed by atoms with Gasteiger partial charge >= 0.3 is 0 Å². The predicted octanol–water partition coefficient (Wildman–Crippen LogP) is 2.32. The Bertz CT molecular complexity index is 954. The van der Waals surface area contributed by atoms with Crippen molar-refractivity contribution >= 4 is 23.4 Å². The van der Waals surface area contributed by atoms with Crippen LogP contribution in [0.1, 0.15) is 22.3 Å². The molecular formula is C22H19N3O3. The number of anilines is 1. The third-order valence-corrected chi connectivity index (χ3v) is 6.06. The second-order valence-electron chi connectivity index (χ2n) is 7.60. The number of rotatable bonds is 4. The zero-order valence-corrected chi connectivity index (χ0v) is 15.1. The Labute approximate surface area is 162 Å². The molecule has 2 aromatic rings. The van der Waals surface area contributed by atoms with Gasteiger partial charge in [-0.15, -0.1) is 0 Å². The Hall–Kier alpha value is -3.28. The number of nitrogens with zero attached hydrogens (tertiary/aromatic N) is 2. The van der Waals surface area contributed by atoms with E-state index in [4.69, 9.17) is 0 Å². The van der Waals surface area contributed by atoms with Crippen molar-refractivity contribution in [1.82, 2.24) is 10.3 Å². The van der Waals surface area contributed by atoms with Crippen molar-refractivity contribution in [1.29, 1.82) is 0 Å². The summed E-state index contributed by atoms with van der Waals surface area (Å²) in [7, 11) is 0. The number of carbonyl (C=O) groups excluding carboxylic acids is 3. The standard InChI is InChI=1S/C22H19N3O3/c26-20(24-12-13-7-9-23-10-8-13)14-3-5-17(6-4-14)25-21(27)18-15-1-2-16(11-15)19(18)22(25)28/h1-10,15-16,18-19H,11-12H2,(H,24,26)/t15-,16+,18-,19+. The topological polar surface area (TPSA) is 79.4 Å². The lowest BCUT2D eigenvalue weighted by Crippen LogP contribution is -2.32. The van der Waals surface area contributed by atoms with Crippen LogP contribution in [0, 0.1) is 23.7 Å². The fourth-order valence-corrected chi connectivity index (χ4v) is 4.70. The maximum atomic E-state index is 12.9. The normalized spacial score (nSPS) is 27.4. The fraction of sp³-hybridized carbons (Fsp3) is 0.273. The summed E-state index contributed by atoms with van der Waals surface area (Å²) in [4.78, 5) is 43.3. The van der Waals surface area contributed by atoms with Crippen molar-refractivity contribution in [2.45, 2.75) is 13.0 Å². The van der Waals surface area contributed by atoms with Crippen LogP contribution >= 0.6 is 0 Å². The highest BCUT2D eigenvalue weighted by Crippen LogP contribution is 2.53. The number of nitrogens with one attached hydrogen (secondary N) is 1. The molecular weight excluding hydrogens is 354 g/mol. The lowest BCUT2D eigenvalue weighted by atomic mass is 9.85. The van der Waals surface area contributed by atoms with Gasteiger partial charge in [0.05, 0.1) is 17.5 Å². The van der Waals surface area contributed by atoms with Gasteiger partial charge in [0.25, 0.3) is 5.91 Å². The molecule has 3 amide bonds. The molecule has 6 heteroatoms. The van der Waals surface area contributed by atoms with Crippen molar-refractivity contribution in [2.75, 3.05) is 4.90 Å². The van der Waals surface area contributed by atoms with Crippen molar-refractivity contribution in [3.8, 4) is 0 Å². The second-order valence-corrected chi connectivity index (χ2v) is 7.60. The summed E-state index contributed by atoms with van der Waals surface area (Å²) < 4.78 is 0. The zero-order chi connectivity index (χ0) is 19.3. The molecule has 1 N–H and O–H groups in total. The molecule has 2 fully saturated rings. The number of hydrogen-bond acceptors (Lipinski definition) is 4. The summed E-state index contributed by atoms with van der Waals surface area (Å²) in [6.07, 6.45) is 8.43. The third kappa shape index (κ3) is 2.56. The molecule has 2 heterocycles. The van der Waals surface area contributed by atoms with Crippen LogP contribution in [0.5, 0.6) is 0 Å². The molecule has 0 unspecified atom stereocenters. The average molecular weight is 373 g/mol. The monoisotopic (exact) mass is 373 g/mol. The Kier molecular flexibility index (Phi) is 3.86. The lowest BCUT2D eigenvalue weighted by Gasteiger charge is -2.17. The summed E-state index contributed by atoms with van der Waals surface area (Å²) in [6, 6.07) is 10.3. The Balaban J connectivity index is 1.30. The number of amides is 3. The van der Waals surface area contributed by atoms with E-state index in [1.54, 1.807) is 36.7 Å². The molecule has 1 aromatic carbocycles. The van der Waals surface area contributed by atoms with Gasteiger partial charge in [-0.2, -0.15) is 0 Å². The van der Waals surface area contributed by atoms with Crippen LogP contribution in [-0.4, -0.2) is 22.7 Å². The highest BCUT2D eigenvalue weighted by atomic mass is 16.2. The molecule has 1 saturated carbocycles. The highest BCUT2D eigenvalue weighted by Gasteiger charge is 2.59. The molecule has 0 spiro atoms. The number of allylic oxidation sites excluding steroid dienone is 2. The quantitative estimate of drug-likeness (QED) is 0.659. The van der Waals surface area contributed by atoms with Gasteiger partial charge in [-0.05, 0) is 60.2 Å². The smallest absolute Gasteiger partial charge is 0.251 e. The Morgan fingerprint density at radius 1 is 0.964 bits per heavy atom. The van der Waals surface area contributed by atoms with E-state index < -0.39 is 0 Å². The molecule has 3 aliphatic rings. The van der Waals surface area contributed by atoms with Gasteiger partial charge in [0, 0.05) is 24.5 Å². The summed E-state index contributed by atoms with van der Waals surface area (Å²) in [5.74, 6) is -0.480. The number of pyridine rings is 1. The fourth-order valence-electron chi connectivity index (χ4n) is 4.70. The molecule has 28 heavy (non-hydrogen) atoms. The van der Waals surface area contributed by atoms with E-state index in [1.807, 2.05) is 12.1 Å². The summed E-state index contributed by atoms with van der Waals surface area (Å²) >= 11 is 0. The van der Waals surface area contributed by atoms with Crippen LogP contribution in [0.25, 0.3) is 0 Å². The number of fused-ring (bicyclic) bond motifs is 5. The van der Waals surface area contributed by atoms with Crippen LogP contribution in [0.15, 0.2) is 60.9 Å². The van der Waals surface area contributed by atoms with Crippen LogP contribution in [0.3, 0.4) is 0 Å². The van der Waals surface area contributed by atoms with Crippen LogP contribution in [-0.2, 0) is 16.1 Å². The van der Waals surface area contributed by atoms with Crippen LogP contribution in [0.4, 0.5) is 5.69 Å². The van der Waals surface area contributed by atoms with Gasteiger partial charge in [0.15, 0.2) is 0 Å². The van der Waals surface area contributed by atoms with Gasteiger partial charge in [-0.1, -0.05) is 12.2 Å². The summed E-state index contributed by atoms with van der Waals surface area (Å²) in [6.45, 7) is 0.408. The zero-order valence-electron chi connectivity index (χ0n) is 15.1. The van der Waals surface area contributed by atoms with Crippen LogP contribution in [0.2, 0.25) is 0 Å².